The van der Waals surface area contributed by atoms with Gasteiger partial charge in [-0.2, -0.15) is 0 Å². The number of benzene rings is 1. The molecule has 2 aliphatic rings. The normalized spacial score (nSPS) is 24.4. The monoisotopic (exact) mass is 342 g/mol. The van der Waals surface area contributed by atoms with Crippen LogP contribution in [0.5, 0.6) is 0 Å². The van der Waals surface area contributed by atoms with Crippen molar-refractivity contribution >= 4 is 5.91 Å². The number of nitrogens with zero attached hydrogens (tertiary/aromatic N) is 2. The Morgan fingerprint density at radius 1 is 1.08 bits per heavy atom. The lowest BCUT2D eigenvalue weighted by Gasteiger charge is -2.40. The first-order chi connectivity index (χ1) is 12.2. The van der Waals surface area contributed by atoms with E-state index in [0.29, 0.717) is 11.3 Å². The van der Waals surface area contributed by atoms with Gasteiger partial charge in [-0.05, 0) is 50.6 Å². The molecule has 0 saturated carbocycles. The van der Waals surface area contributed by atoms with Crippen LogP contribution in [0.4, 0.5) is 0 Å². The number of carbonyl (C=O) groups excluding carboxylic acids is 1. The molecule has 0 radical (unpaired) electrons. The summed E-state index contributed by atoms with van der Waals surface area (Å²) in [7, 11) is 0. The maximum absolute atomic E-state index is 12.7. The van der Waals surface area contributed by atoms with Gasteiger partial charge in [-0.1, -0.05) is 44.2 Å². The van der Waals surface area contributed by atoms with Crippen molar-refractivity contribution in [3.63, 3.8) is 0 Å². The molecule has 2 saturated heterocycles. The van der Waals surface area contributed by atoms with Crippen LogP contribution in [-0.4, -0.2) is 48.4 Å². The smallest absolute Gasteiger partial charge is 0.225 e. The van der Waals surface area contributed by atoms with Crippen LogP contribution in [0, 0.1) is 11.3 Å². The minimum absolute atomic E-state index is 0.230. The van der Waals surface area contributed by atoms with E-state index in [9.17, 15) is 4.79 Å². The lowest BCUT2D eigenvalue weighted by atomic mass is 9.79. The minimum Gasteiger partial charge on any atom is -0.342 e. The van der Waals surface area contributed by atoms with Crippen molar-refractivity contribution in [2.24, 2.45) is 11.3 Å². The van der Waals surface area contributed by atoms with Gasteiger partial charge >= 0.3 is 0 Å². The number of carbonyl (C=O) groups is 1. The second-order valence-electron chi connectivity index (χ2n) is 8.14. The third-order valence-electron chi connectivity index (χ3n) is 6.38. The van der Waals surface area contributed by atoms with Crippen molar-refractivity contribution in [3.05, 3.63) is 35.9 Å². The molecule has 0 aliphatic carbocycles. The van der Waals surface area contributed by atoms with E-state index in [1.165, 1.54) is 37.9 Å². The van der Waals surface area contributed by atoms with E-state index in [1.807, 2.05) is 0 Å². The molecule has 3 heteroatoms. The van der Waals surface area contributed by atoms with Gasteiger partial charge in [0.25, 0.3) is 0 Å². The second kappa shape index (κ2) is 8.35. The Labute approximate surface area is 153 Å². The summed E-state index contributed by atoms with van der Waals surface area (Å²) in [5.41, 5.74) is 1.79. The molecule has 2 aliphatic heterocycles. The van der Waals surface area contributed by atoms with Gasteiger partial charge < -0.3 is 9.80 Å². The van der Waals surface area contributed by atoms with Crippen LogP contribution in [0.1, 0.15) is 51.5 Å². The molecule has 138 valence electrons. The largest absolute Gasteiger partial charge is 0.342 e. The Morgan fingerprint density at radius 2 is 1.84 bits per heavy atom. The lowest BCUT2D eigenvalue weighted by Crippen LogP contribution is -2.46. The minimum atomic E-state index is 0.230. The number of piperidine rings is 1. The van der Waals surface area contributed by atoms with Gasteiger partial charge in [-0.25, -0.2) is 0 Å². The Bertz CT molecular complexity index is 554. The molecule has 1 atom stereocenters. The van der Waals surface area contributed by atoms with Gasteiger partial charge in [0.15, 0.2) is 0 Å². The zero-order chi connectivity index (χ0) is 17.7. The van der Waals surface area contributed by atoms with Crippen LogP contribution in [0.2, 0.25) is 0 Å². The summed E-state index contributed by atoms with van der Waals surface area (Å²) in [6.45, 7) is 9.79. The molecule has 1 amide bonds. The fraction of sp³-hybridized carbons (Fsp3) is 0.682. The second-order valence-corrected chi connectivity index (χ2v) is 8.14. The maximum atomic E-state index is 12.7. The molecule has 3 nitrogen and oxygen atoms in total. The highest BCUT2D eigenvalue weighted by Crippen LogP contribution is 2.39. The third kappa shape index (κ3) is 4.44. The van der Waals surface area contributed by atoms with Crippen LogP contribution < -0.4 is 0 Å². The van der Waals surface area contributed by atoms with Crippen LogP contribution in [0.25, 0.3) is 0 Å². The highest BCUT2D eigenvalue weighted by atomic mass is 16.2. The summed E-state index contributed by atoms with van der Waals surface area (Å²) in [5, 5.41) is 0. The Morgan fingerprint density at radius 3 is 2.56 bits per heavy atom. The van der Waals surface area contributed by atoms with Gasteiger partial charge in [0.05, 0.1) is 0 Å². The number of hydrogen-bond acceptors (Lipinski definition) is 2. The van der Waals surface area contributed by atoms with E-state index in [4.69, 9.17) is 0 Å². The average molecular weight is 343 g/mol. The van der Waals surface area contributed by atoms with Crippen LogP contribution >= 0.6 is 0 Å². The SMILES string of the molecule is CCC(CC)C(=O)N1CC[C@]2(CCCN(CCc3ccccc3)C2)C1. The van der Waals surface area contributed by atoms with Crippen molar-refractivity contribution in [3.8, 4) is 0 Å². The maximum Gasteiger partial charge on any atom is 0.225 e. The van der Waals surface area contributed by atoms with E-state index in [1.54, 1.807) is 0 Å². The fourth-order valence-corrected chi connectivity index (χ4v) is 4.79. The van der Waals surface area contributed by atoms with E-state index in [0.717, 1.165) is 38.9 Å². The van der Waals surface area contributed by atoms with E-state index >= 15 is 0 Å². The third-order valence-corrected chi connectivity index (χ3v) is 6.38. The first-order valence-electron chi connectivity index (χ1n) is 10.2. The van der Waals surface area contributed by atoms with Gasteiger partial charge in [0.2, 0.25) is 5.91 Å². The summed E-state index contributed by atoms with van der Waals surface area (Å²) < 4.78 is 0. The predicted octanol–water partition coefficient (Wildman–Crippen LogP) is 3.98. The molecule has 2 fully saturated rings. The van der Waals surface area contributed by atoms with Crippen molar-refractivity contribution in [1.29, 1.82) is 0 Å². The molecule has 0 bridgehead atoms. The summed E-state index contributed by atoms with van der Waals surface area (Å²) in [6, 6.07) is 10.8. The highest BCUT2D eigenvalue weighted by Gasteiger charge is 2.43. The summed E-state index contributed by atoms with van der Waals surface area (Å²) >= 11 is 0. The summed E-state index contributed by atoms with van der Waals surface area (Å²) in [6.07, 6.45) is 6.85. The number of hydrogen-bond donors (Lipinski definition) is 0. The van der Waals surface area contributed by atoms with E-state index in [-0.39, 0.29) is 5.92 Å². The van der Waals surface area contributed by atoms with Gasteiger partial charge in [0.1, 0.15) is 0 Å². The zero-order valence-electron chi connectivity index (χ0n) is 16.0. The Hall–Kier alpha value is -1.35. The Balaban J connectivity index is 1.55. The van der Waals surface area contributed by atoms with E-state index in [2.05, 4.69) is 54.0 Å². The molecule has 0 unspecified atom stereocenters. The highest BCUT2D eigenvalue weighted by molar-refractivity contribution is 5.79. The molecule has 3 rings (SSSR count). The average Bonchev–Trinajstić information content (AvgIpc) is 3.05. The number of likely N-dealkylation sites (tertiary alicyclic amines) is 2. The van der Waals surface area contributed by atoms with Crippen LogP contribution in [0.3, 0.4) is 0 Å². The first-order valence-corrected chi connectivity index (χ1v) is 10.2. The summed E-state index contributed by atoms with van der Waals surface area (Å²) in [5.74, 6) is 0.635. The number of amides is 1. The number of rotatable bonds is 6. The molecular weight excluding hydrogens is 308 g/mol. The predicted molar refractivity (Wildman–Crippen MR) is 104 cm³/mol. The molecular formula is C22H34N2O. The molecule has 1 aromatic rings. The quantitative estimate of drug-likeness (QED) is 0.781. The topological polar surface area (TPSA) is 23.6 Å². The van der Waals surface area contributed by atoms with Crippen molar-refractivity contribution < 1.29 is 4.79 Å². The van der Waals surface area contributed by atoms with Gasteiger partial charge in [-0.3, -0.25) is 4.79 Å². The summed E-state index contributed by atoms with van der Waals surface area (Å²) in [4.78, 5) is 17.6. The fourth-order valence-electron chi connectivity index (χ4n) is 4.79. The molecule has 2 heterocycles. The van der Waals surface area contributed by atoms with Gasteiger partial charge in [0, 0.05) is 37.5 Å². The molecule has 1 aromatic carbocycles. The standard InChI is InChI=1S/C22H34N2O/c1-3-20(4-2)21(25)24-16-13-22(18-24)12-8-14-23(17-22)15-11-19-9-6-5-7-10-19/h5-7,9-10,20H,3-4,8,11-18H2,1-2H3/t22-/m0/s1. The first kappa shape index (κ1) is 18.4. The van der Waals surface area contributed by atoms with Crippen molar-refractivity contribution in [2.45, 2.75) is 52.4 Å². The molecule has 0 N–H and O–H groups in total. The van der Waals surface area contributed by atoms with Crippen molar-refractivity contribution in [1.82, 2.24) is 9.80 Å². The van der Waals surface area contributed by atoms with Crippen LogP contribution in [0.15, 0.2) is 30.3 Å². The molecule has 25 heavy (non-hydrogen) atoms. The molecule has 0 aromatic heterocycles. The van der Waals surface area contributed by atoms with E-state index < -0.39 is 0 Å². The van der Waals surface area contributed by atoms with Crippen LogP contribution in [-0.2, 0) is 11.2 Å². The lowest BCUT2D eigenvalue weighted by molar-refractivity contribution is -0.135. The van der Waals surface area contributed by atoms with Gasteiger partial charge in [-0.15, -0.1) is 0 Å². The Kier molecular flexibility index (Phi) is 6.16. The zero-order valence-corrected chi connectivity index (χ0v) is 16.0. The van der Waals surface area contributed by atoms with Crippen molar-refractivity contribution in [2.75, 3.05) is 32.7 Å². The molecule has 1 spiro atoms.